The number of aromatic nitrogens is 2. The van der Waals surface area contributed by atoms with Crippen molar-refractivity contribution in [1.29, 1.82) is 0 Å². The van der Waals surface area contributed by atoms with Gasteiger partial charge in [-0.2, -0.15) is 0 Å². The van der Waals surface area contributed by atoms with Gasteiger partial charge in [-0.05, 0) is 56.5 Å². The second kappa shape index (κ2) is 14.1. The van der Waals surface area contributed by atoms with Crippen molar-refractivity contribution >= 4 is 5.97 Å². The van der Waals surface area contributed by atoms with Crippen molar-refractivity contribution in [3.05, 3.63) is 101 Å². The third-order valence-corrected chi connectivity index (χ3v) is 7.58. The highest BCUT2D eigenvalue weighted by Gasteiger charge is 2.22. The van der Waals surface area contributed by atoms with Crippen LogP contribution in [0.15, 0.2) is 72.8 Å². The Bertz CT molecular complexity index is 1390. The van der Waals surface area contributed by atoms with E-state index >= 15 is 0 Å². The van der Waals surface area contributed by atoms with Crippen molar-refractivity contribution in [3.8, 4) is 22.6 Å². The summed E-state index contributed by atoms with van der Waals surface area (Å²) < 4.78 is 2.46. The zero-order chi connectivity index (χ0) is 28.5. The van der Waals surface area contributed by atoms with Crippen LogP contribution in [-0.2, 0) is 19.6 Å². The monoisotopic (exact) mass is 537 g/mol. The normalized spacial score (nSPS) is 11.3. The molecule has 210 valence electrons. The Morgan fingerprint density at radius 2 is 1.55 bits per heavy atom. The van der Waals surface area contributed by atoms with E-state index < -0.39 is 5.97 Å². The molecule has 0 aliphatic carbocycles. The van der Waals surface area contributed by atoms with E-state index in [4.69, 9.17) is 4.98 Å². The van der Waals surface area contributed by atoms with Gasteiger partial charge in [0.2, 0.25) is 0 Å². The molecule has 0 atom stereocenters. The van der Waals surface area contributed by atoms with Gasteiger partial charge in [-0.25, -0.2) is 9.78 Å². The molecule has 0 aliphatic heterocycles. The number of imidazole rings is 1. The van der Waals surface area contributed by atoms with E-state index in [-0.39, 0.29) is 0 Å². The first-order valence-electron chi connectivity index (χ1n) is 14.7. The summed E-state index contributed by atoms with van der Waals surface area (Å²) in [4.78, 5) is 19.2. The topological polar surface area (TPSA) is 58.4 Å². The minimum absolute atomic E-state index is 0.323. The molecule has 0 radical (unpaired) electrons. The molecule has 0 unspecified atom stereocenters. The van der Waals surface area contributed by atoms with Crippen LogP contribution in [0, 0.1) is 13.8 Å². The average Bonchev–Trinajstić information content (AvgIpc) is 3.30. The molecule has 0 fully saturated rings. The van der Waals surface area contributed by atoms with Crippen molar-refractivity contribution in [2.24, 2.45) is 0 Å². The number of carbonyl (C=O) groups is 1. The molecule has 0 saturated carbocycles. The number of nitrogens with zero attached hydrogens (tertiary/aromatic N) is 3. The van der Waals surface area contributed by atoms with Crippen LogP contribution < -0.4 is 0 Å². The molecule has 4 aromatic rings. The lowest BCUT2D eigenvalue weighted by Crippen LogP contribution is -2.26. The first-order valence-corrected chi connectivity index (χ1v) is 14.7. The number of aromatic carboxylic acids is 1. The largest absolute Gasteiger partial charge is 0.478 e. The van der Waals surface area contributed by atoms with Gasteiger partial charge < -0.3 is 9.67 Å². The van der Waals surface area contributed by atoms with E-state index in [1.54, 1.807) is 12.1 Å². The number of hydrogen-bond donors (Lipinski definition) is 1. The van der Waals surface area contributed by atoms with Crippen molar-refractivity contribution in [2.45, 2.75) is 79.4 Å². The highest BCUT2D eigenvalue weighted by Crippen LogP contribution is 2.33. The van der Waals surface area contributed by atoms with Crippen LogP contribution in [0.1, 0.15) is 78.7 Å². The Morgan fingerprint density at radius 1 is 0.850 bits per heavy atom. The van der Waals surface area contributed by atoms with Gasteiger partial charge in [-0.3, -0.25) is 4.90 Å². The molecule has 0 amide bonds. The molecular formula is C35H43N3O2. The minimum Gasteiger partial charge on any atom is -0.478 e. The second-order valence-corrected chi connectivity index (χ2v) is 10.8. The molecule has 1 aromatic heterocycles. The maximum atomic E-state index is 11.4. The lowest BCUT2D eigenvalue weighted by molar-refractivity contribution is 0.0697. The summed E-state index contributed by atoms with van der Waals surface area (Å²) in [6.45, 7) is 12.2. The number of aryl methyl sites for hydroxylation is 2. The van der Waals surface area contributed by atoms with Crippen LogP contribution in [0.25, 0.3) is 22.6 Å². The van der Waals surface area contributed by atoms with Crippen LogP contribution in [0.2, 0.25) is 0 Å². The van der Waals surface area contributed by atoms with Crippen molar-refractivity contribution in [3.63, 3.8) is 0 Å². The fourth-order valence-electron chi connectivity index (χ4n) is 5.20. The summed E-state index contributed by atoms with van der Waals surface area (Å²) in [6.07, 6.45) is 5.67. The van der Waals surface area contributed by atoms with Crippen LogP contribution >= 0.6 is 0 Å². The molecule has 0 bridgehead atoms. The number of carboxylic acids is 1. The standard InChI is InChI=1S/C35H43N3O2/c1-5-7-11-22-37(24-28-16-20-30(21-17-28)35(39)40)25-32-33(29-18-14-26(3)15-19-29)36-34(38(32)23-8-6-2)31-13-10-9-12-27(31)4/h9-10,12-21H,5-8,11,22-25H2,1-4H3,(H,39,40). The lowest BCUT2D eigenvalue weighted by Gasteiger charge is -2.24. The summed E-state index contributed by atoms with van der Waals surface area (Å²) >= 11 is 0. The second-order valence-electron chi connectivity index (χ2n) is 10.8. The Kier molecular flexibility index (Phi) is 10.3. The van der Waals surface area contributed by atoms with Crippen molar-refractivity contribution in [2.75, 3.05) is 6.54 Å². The molecule has 0 spiro atoms. The van der Waals surface area contributed by atoms with Crippen molar-refractivity contribution in [1.82, 2.24) is 14.5 Å². The molecule has 4 rings (SSSR count). The van der Waals surface area contributed by atoms with E-state index in [1.807, 2.05) is 12.1 Å². The van der Waals surface area contributed by atoms with Gasteiger partial charge >= 0.3 is 5.97 Å². The predicted molar refractivity (Wildman–Crippen MR) is 165 cm³/mol. The molecular weight excluding hydrogens is 494 g/mol. The SMILES string of the molecule is CCCCCN(Cc1ccc(C(=O)O)cc1)Cc1c(-c2ccc(C)cc2)nc(-c2ccccc2C)n1CCCC. The Labute approximate surface area is 239 Å². The molecule has 40 heavy (non-hydrogen) atoms. The van der Waals surface area contributed by atoms with Crippen LogP contribution in [0.3, 0.4) is 0 Å². The van der Waals surface area contributed by atoms with Crippen LogP contribution in [-0.4, -0.2) is 32.1 Å². The van der Waals surface area contributed by atoms with E-state index in [1.165, 1.54) is 35.2 Å². The number of benzene rings is 3. The molecule has 0 aliphatic rings. The smallest absolute Gasteiger partial charge is 0.335 e. The third-order valence-electron chi connectivity index (χ3n) is 7.58. The zero-order valence-electron chi connectivity index (χ0n) is 24.5. The molecule has 5 nitrogen and oxygen atoms in total. The number of hydrogen-bond acceptors (Lipinski definition) is 3. The Balaban J connectivity index is 1.80. The van der Waals surface area contributed by atoms with Gasteiger partial charge in [0.05, 0.1) is 17.0 Å². The van der Waals surface area contributed by atoms with Gasteiger partial charge in [-0.15, -0.1) is 0 Å². The first kappa shape index (κ1) is 29.3. The zero-order valence-corrected chi connectivity index (χ0v) is 24.5. The minimum atomic E-state index is -0.891. The Hall–Kier alpha value is -3.70. The molecule has 3 aromatic carbocycles. The molecule has 1 heterocycles. The molecule has 0 saturated heterocycles. The fourth-order valence-corrected chi connectivity index (χ4v) is 5.20. The Morgan fingerprint density at radius 3 is 2.20 bits per heavy atom. The maximum absolute atomic E-state index is 11.4. The van der Waals surface area contributed by atoms with Gasteiger partial charge in [0.1, 0.15) is 5.82 Å². The van der Waals surface area contributed by atoms with Crippen LogP contribution in [0.5, 0.6) is 0 Å². The van der Waals surface area contributed by atoms with Gasteiger partial charge in [-0.1, -0.05) is 99.3 Å². The highest BCUT2D eigenvalue weighted by molar-refractivity contribution is 5.87. The fraction of sp³-hybridized carbons (Fsp3) is 0.371. The summed E-state index contributed by atoms with van der Waals surface area (Å²) in [5.74, 6) is 0.147. The lowest BCUT2D eigenvalue weighted by atomic mass is 10.1. The van der Waals surface area contributed by atoms with Crippen LogP contribution in [0.4, 0.5) is 0 Å². The van der Waals surface area contributed by atoms with Crippen molar-refractivity contribution < 1.29 is 9.90 Å². The summed E-state index contributed by atoms with van der Waals surface area (Å²) in [7, 11) is 0. The molecule has 5 heteroatoms. The number of carboxylic acid groups (broad SMARTS) is 1. The van der Waals surface area contributed by atoms with E-state index in [0.29, 0.717) is 5.56 Å². The maximum Gasteiger partial charge on any atom is 0.335 e. The first-order chi connectivity index (χ1) is 19.4. The van der Waals surface area contributed by atoms with Gasteiger partial charge in [0.15, 0.2) is 0 Å². The molecule has 1 N–H and O–H groups in total. The predicted octanol–water partition coefficient (Wildman–Crippen LogP) is 8.52. The summed E-state index contributed by atoms with van der Waals surface area (Å²) in [5, 5.41) is 9.35. The highest BCUT2D eigenvalue weighted by atomic mass is 16.4. The third kappa shape index (κ3) is 7.28. The number of unbranched alkanes of at least 4 members (excludes halogenated alkanes) is 3. The number of rotatable bonds is 14. The summed E-state index contributed by atoms with van der Waals surface area (Å²) in [5.41, 5.74) is 8.53. The van der Waals surface area contributed by atoms with E-state index in [9.17, 15) is 9.90 Å². The van der Waals surface area contributed by atoms with Gasteiger partial charge in [0, 0.05) is 30.8 Å². The quantitative estimate of drug-likeness (QED) is 0.164. The van der Waals surface area contributed by atoms with E-state index in [0.717, 1.165) is 68.1 Å². The summed E-state index contributed by atoms with van der Waals surface area (Å²) in [6, 6.07) is 24.6. The van der Waals surface area contributed by atoms with Gasteiger partial charge in [0.25, 0.3) is 0 Å². The average molecular weight is 538 g/mol. The van der Waals surface area contributed by atoms with E-state index in [2.05, 4.69) is 85.7 Å².